The van der Waals surface area contributed by atoms with Gasteiger partial charge in [0, 0.05) is 41.8 Å². The minimum Gasteiger partial charge on any atom is -0.361 e. The van der Waals surface area contributed by atoms with Crippen LogP contribution in [0.2, 0.25) is 0 Å². The van der Waals surface area contributed by atoms with Crippen molar-refractivity contribution in [3.05, 3.63) is 36.0 Å². The molecule has 0 saturated carbocycles. The number of hydrogen-bond acceptors (Lipinski definition) is 2. The summed E-state index contributed by atoms with van der Waals surface area (Å²) in [5.41, 5.74) is 1.86. The largest absolute Gasteiger partial charge is 0.361 e. The molecule has 1 atom stereocenters. The molecule has 1 aromatic heterocycles. The Bertz CT molecular complexity index is 617. The van der Waals surface area contributed by atoms with Crippen LogP contribution >= 0.6 is 0 Å². The Morgan fingerprint density at radius 3 is 3.00 bits per heavy atom. The maximum Gasteiger partial charge on any atom is 0.253 e. The third kappa shape index (κ3) is 2.43. The summed E-state index contributed by atoms with van der Waals surface area (Å²) < 4.78 is 0. The van der Waals surface area contributed by atoms with Crippen molar-refractivity contribution >= 4 is 16.8 Å². The Hall–Kier alpha value is -1.81. The van der Waals surface area contributed by atoms with Crippen LogP contribution in [0.15, 0.2) is 30.5 Å². The number of carbonyl (C=O) groups is 1. The third-order valence-electron chi connectivity index (χ3n) is 4.21. The van der Waals surface area contributed by atoms with Gasteiger partial charge in [-0.15, -0.1) is 0 Å². The van der Waals surface area contributed by atoms with E-state index in [0.29, 0.717) is 6.04 Å². The highest BCUT2D eigenvalue weighted by Gasteiger charge is 2.25. The summed E-state index contributed by atoms with van der Waals surface area (Å²) in [4.78, 5) is 20.0. The molecule has 4 nitrogen and oxygen atoms in total. The smallest absolute Gasteiger partial charge is 0.253 e. The molecule has 1 aliphatic rings. The lowest BCUT2D eigenvalue weighted by Gasteiger charge is -2.36. The number of H-pyrrole nitrogens is 1. The maximum atomic E-state index is 12.6. The average Bonchev–Trinajstić information content (AvgIpc) is 2.94. The van der Waals surface area contributed by atoms with E-state index in [1.165, 1.54) is 6.42 Å². The van der Waals surface area contributed by atoms with Gasteiger partial charge in [-0.25, -0.2) is 0 Å². The second-order valence-electron chi connectivity index (χ2n) is 5.79. The number of aromatic amines is 1. The zero-order chi connectivity index (χ0) is 14.1. The zero-order valence-electron chi connectivity index (χ0n) is 12.1. The number of benzene rings is 1. The molecule has 2 aromatic rings. The number of carbonyl (C=O) groups excluding carboxylic acids is 1. The van der Waals surface area contributed by atoms with Crippen molar-refractivity contribution in [1.29, 1.82) is 0 Å². The summed E-state index contributed by atoms with van der Waals surface area (Å²) in [6.07, 6.45) is 4.16. The summed E-state index contributed by atoms with van der Waals surface area (Å²) in [7, 11) is 4.18. The lowest BCUT2D eigenvalue weighted by Crippen LogP contribution is -2.47. The number of likely N-dealkylation sites (N-methyl/N-ethyl adjacent to an activating group) is 1. The van der Waals surface area contributed by atoms with Crippen LogP contribution in [0.5, 0.6) is 0 Å². The molecule has 106 valence electrons. The Balaban J connectivity index is 1.80. The molecule has 1 saturated heterocycles. The van der Waals surface area contributed by atoms with Gasteiger partial charge in [-0.1, -0.05) is 0 Å². The molecular weight excluding hydrogens is 250 g/mol. The number of nitrogens with one attached hydrogen (secondary N) is 1. The van der Waals surface area contributed by atoms with Gasteiger partial charge < -0.3 is 14.8 Å². The Labute approximate surface area is 119 Å². The predicted molar refractivity (Wildman–Crippen MR) is 80.9 cm³/mol. The number of aromatic nitrogens is 1. The molecule has 20 heavy (non-hydrogen) atoms. The number of rotatable bonds is 2. The highest BCUT2D eigenvalue weighted by molar-refractivity contribution is 5.98. The first-order valence-electron chi connectivity index (χ1n) is 7.18. The maximum absolute atomic E-state index is 12.6. The molecule has 1 amide bonds. The summed E-state index contributed by atoms with van der Waals surface area (Å²) in [5.74, 6) is 0.152. The topological polar surface area (TPSA) is 39.3 Å². The quantitative estimate of drug-likeness (QED) is 0.910. The first-order chi connectivity index (χ1) is 9.65. The number of amides is 1. The van der Waals surface area contributed by atoms with Crippen molar-refractivity contribution < 1.29 is 4.79 Å². The van der Waals surface area contributed by atoms with Gasteiger partial charge >= 0.3 is 0 Å². The van der Waals surface area contributed by atoms with Gasteiger partial charge in [-0.3, -0.25) is 4.79 Å². The van der Waals surface area contributed by atoms with Crippen LogP contribution in [0.25, 0.3) is 10.9 Å². The van der Waals surface area contributed by atoms with Crippen molar-refractivity contribution in [2.75, 3.05) is 27.2 Å². The number of hydrogen-bond donors (Lipinski definition) is 1. The standard InChI is InChI=1S/C16H21N3O/c1-18(2)14-4-3-9-19(11-14)16(20)13-5-6-15-12(10-13)7-8-17-15/h5-8,10,14,17H,3-4,9,11H2,1-2H3. The van der Waals surface area contributed by atoms with Gasteiger partial charge in [-0.05, 0) is 51.2 Å². The summed E-state index contributed by atoms with van der Waals surface area (Å²) in [5, 5.41) is 1.09. The highest BCUT2D eigenvalue weighted by atomic mass is 16.2. The third-order valence-corrected chi connectivity index (χ3v) is 4.21. The molecule has 1 aromatic carbocycles. The van der Waals surface area contributed by atoms with Crippen LogP contribution in [0.4, 0.5) is 0 Å². The first-order valence-corrected chi connectivity index (χ1v) is 7.18. The monoisotopic (exact) mass is 271 g/mol. The Kier molecular flexibility index (Phi) is 3.49. The molecule has 0 aliphatic carbocycles. The fourth-order valence-corrected chi connectivity index (χ4v) is 2.93. The predicted octanol–water partition coefficient (Wildman–Crippen LogP) is 2.33. The lowest BCUT2D eigenvalue weighted by molar-refractivity contribution is 0.0635. The van der Waals surface area contributed by atoms with Crippen LogP contribution in [-0.4, -0.2) is 53.9 Å². The molecular formula is C16H21N3O. The van der Waals surface area contributed by atoms with E-state index >= 15 is 0 Å². The summed E-state index contributed by atoms with van der Waals surface area (Å²) in [6.45, 7) is 1.70. The van der Waals surface area contributed by atoms with Crippen molar-refractivity contribution in [3.63, 3.8) is 0 Å². The molecule has 3 rings (SSSR count). The number of fused-ring (bicyclic) bond motifs is 1. The van der Waals surface area contributed by atoms with Crippen LogP contribution in [0.1, 0.15) is 23.2 Å². The number of likely N-dealkylation sites (tertiary alicyclic amines) is 1. The fourth-order valence-electron chi connectivity index (χ4n) is 2.93. The van der Waals surface area contributed by atoms with Crippen LogP contribution < -0.4 is 0 Å². The summed E-state index contributed by atoms with van der Waals surface area (Å²) in [6, 6.07) is 8.36. The van der Waals surface area contributed by atoms with Gasteiger partial charge in [0.15, 0.2) is 0 Å². The molecule has 1 unspecified atom stereocenters. The lowest BCUT2D eigenvalue weighted by atomic mass is 10.0. The normalized spacial score (nSPS) is 19.8. The van der Waals surface area contributed by atoms with Gasteiger partial charge in [0.05, 0.1) is 0 Å². The van der Waals surface area contributed by atoms with E-state index in [1.54, 1.807) is 0 Å². The van der Waals surface area contributed by atoms with Crippen LogP contribution in [0.3, 0.4) is 0 Å². The minimum atomic E-state index is 0.152. The average molecular weight is 271 g/mol. The van der Waals surface area contributed by atoms with E-state index in [-0.39, 0.29) is 5.91 Å². The molecule has 4 heteroatoms. The van der Waals surface area contributed by atoms with E-state index in [9.17, 15) is 4.79 Å². The highest BCUT2D eigenvalue weighted by Crippen LogP contribution is 2.19. The van der Waals surface area contributed by atoms with Crippen molar-refractivity contribution in [2.45, 2.75) is 18.9 Å². The minimum absolute atomic E-state index is 0.152. The second kappa shape index (κ2) is 5.29. The van der Waals surface area contributed by atoms with Crippen molar-refractivity contribution in [3.8, 4) is 0 Å². The Morgan fingerprint density at radius 1 is 1.35 bits per heavy atom. The molecule has 1 fully saturated rings. The first kappa shape index (κ1) is 13.2. The van der Waals surface area contributed by atoms with Gasteiger partial charge in [-0.2, -0.15) is 0 Å². The van der Waals surface area contributed by atoms with Gasteiger partial charge in [0.2, 0.25) is 0 Å². The van der Waals surface area contributed by atoms with E-state index in [1.807, 2.05) is 35.4 Å². The summed E-state index contributed by atoms with van der Waals surface area (Å²) >= 11 is 0. The van der Waals surface area contributed by atoms with Crippen LogP contribution in [-0.2, 0) is 0 Å². The molecule has 1 aliphatic heterocycles. The van der Waals surface area contributed by atoms with E-state index in [4.69, 9.17) is 0 Å². The van der Waals surface area contributed by atoms with Gasteiger partial charge in [0.1, 0.15) is 0 Å². The second-order valence-corrected chi connectivity index (χ2v) is 5.79. The van der Waals surface area contributed by atoms with E-state index < -0.39 is 0 Å². The van der Waals surface area contributed by atoms with Crippen LogP contribution in [0, 0.1) is 0 Å². The zero-order valence-corrected chi connectivity index (χ0v) is 12.1. The molecule has 0 spiro atoms. The Morgan fingerprint density at radius 2 is 2.20 bits per heavy atom. The molecule has 2 heterocycles. The van der Waals surface area contributed by atoms with Gasteiger partial charge in [0.25, 0.3) is 5.91 Å². The number of nitrogens with zero attached hydrogens (tertiary/aromatic N) is 2. The fraction of sp³-hybridized carbons (Fsp3) is 0.438. The number of piperidine rings is 1. The van der Waals surface area contributed by atoms with E-state index in [2.05, 4.69) is 24.0 Å². The molecule has 1 N–H and O–H groups in total. The van der Waals surface area contributed by atoms with Crippen molar-refractivity contribution in [2.24, 2.45) is 0 Å². The van der Waals surface area contributed by atoms with Crippen molar-refractivity contribution in [1.82, 2.24) is 14.8 Å². The molecule has 0 bridgehead atoms. The van der Waals surface area contributed by atoms with E-state index in [0.717, 1.165) is 36.0 Å². The molecule has 0 radical (unpaired) electrons. The SMILES string of the molecule is CN(C)C1CCCN(C(=O)c2ccc3[nH]ccc3c2)C1.